The SMILES string of the molecule is Clc1ccc2c(N3CC[N]CC3)ccnc2c1. The Hall–Kier alpha value is -1.32. The molecule has 0 bridgehead atoms. The third kappa shape index (κ3) is 2.08. The van der Waals surface area contributed by atoms with E-state index in [1.165, 1.54) is 11.1 Å². The summed E-state index contributed by atoms with van der Waals surface area (Å²) >= 11 is 5.99. The largest absolute Gasteiger partial charge is 0.368 e. The number of hydrogen-bond acceptors (Lipinski definition) is 2. The van der Waals surface area contributed by atoms with E-state index in [4.69, 9.17) is 11.6 Å². The highest BCUT2D eigenvalue weighted by Crippen LogP contribution is 2.27. The molecule has 1 saturated heterocycles. The Kier molecular flexibility index (Phi) is 2.87. The third-order valence-corrected chi connectivity index (χ3v) is 3.31. The van der Waals surface area contributed by atoms with Crippen molar-refractivity contribution in [3.05, 3.63) is 35.5 Å². The molecule has 0 spiro atoms. The first kappa shape index (κ1) is 10.8. The molecule has 1 aliphatic heterocycles. The van der Waals surface area contributed by atoms with Gasteiger partial charge in [0.15, 0.2) is 0 Å². The standard InChI is InChI=1S/C13H13ClN3/c14-10-1-2-11-12(9-10)16-4-3-13(11)17-7-5-15-6-8-17/h1-4,9H,5-8H2. The Balaban J connectivity index is 2.09. The van der Waals surface area contributed by atoms with Crippen LogP contribution in [0.1, 0.15) is 0 Å². The van der Waals surface area contributed by atoms with Crippen molar-refractivity contribution in [3.63, 3.8) is 0 Å². The summed E-state index contributed by atoms with van der Waals surface area (Å²) in [5, 5.41) is 6.27. The molecule has 1 aromatic carbocycles. The van der Waals surface area contributed by atoms with Crippen LogP contribution >= 0.6 is 11.6 Å². The molecule has 0 amide bonds. The number of pyridine rings is 1. The van der Waals surface area contributed by atoms with Crippen molar-refractivity contribution in [2.24, 2.45) is 0 Å². The molecule has 0 unspecified atom stereocenters. The molecule has 1 fully saturated rings. The van der Waals surface area contributed by atoms with E-state index in [9.17, 15) is 0 Å². The minimum atomic E-state index is 0.732. The number of benzene rings is 1. The van der Waals surface area contributed by atoms with Gasteiger partial charge in [-0.1, -0.05) is 11.6 Å². The van der Waals surface area contributed by atoms with Gasteiger partial charge in [-0.05, 0) is 24.3 Å². The molecule has 0 aliphatic carbocycles. The van der Waals surface area contributed by atoms with Crippen molar-refractivity contribution >= 4 is 28.2 Å². The quantitative estimate of drug-likeness (QED) is 0.773. The van der Waals surface area contributed by atoms with E-state index >= 15 is 0 Å². The molecule has 1 radical (unpaired) electrons. The zero-order chi connectivity index (χ0) is 11.7. The predicted octanol–water partition coefficient (Wildman–Crippen LogP) is 2.31. The van der Waals surface area contributed by atoms with Crippen LogP contribution < -0.4 is 10.2 Å². The number of fused-ring (bicyclic) bond motifs is 1. The summed E-state index contributed by atoms with van der Waals surface area (Å²) < 4.78 is 0. The van der Waals surface area contributed by atoms with Crippen molar-refractivity contribution < 1.29 is 0 Å². The van der Waals surface area contributed by atoms with Gasteiger partial charge in [-0.25, -0.2) is 5.32 Å². The van der Waals surface area contributed by atoms with Gasteiger partial charge in [-0.2, -0.15) is 0 Å². The van der Waals surface area contributed by atoms with E-state index in [2.05, 4.69) is 21.3 Å². The topological polar surface area (TPSA) is 30.2 Å². The van der Waals surface area contributed by atoms with Gasteiger partial charge in [0.25, 0.3) is 0 Å². The lowest BCUT2D eigenvalue weighted by atomic mass is 10.1. The zero-order valence-electron chi connectivity index (χ0n) is 9.43. The minimum absolute atomic E-state index is 0.732. The van der Waals surface area contributed by atoms with Crippen molar-refractivity contribution in [1.82, 2.24) is 10.3 Å². The van der Waals surface area contributed by atoms with Crippen LogP contribution in [0.15, 0.2) is 30.5 Å². The lowest BCUT2D eigenvalue weighted by Crippen LogP contribution is -2.40. The average molecular weight is 247 g/mol. The van der Waals surface area contributed by atoms with E-state index in [0.29, 0.717) is 0 Å². The number of aromatic nitrogens is 1. The Morgan fingerprint density at radius 1 is 1.12 bits per heavy atom. The van der Waals surface area contributed by atoms with Gasteiger partial charge >= 0.3 is 0 Å². The second kappa shape index (κ2) is 4.51. The molecular weight excluding hydrogens is 234 g/mol. The van der Waals surface area contributed by atoms with Gasteiger partial charge in [0, 0.05) is 48.5 Å². The Morgan fingerprint density at radius 3 is 2.76 bits per heavy atom. The molecular formula is C13H13ClN3. The number of anilines is 1. The fourth-order valence-electron chi connectivity index (χ4n) is 2.23. The number of halogens is 1. The van der Waals surface area contributed by atoms with Gasteiger partial charge in [0.05, 0.1) is 5.52 Å². The fourth-order valence-corrected chi connectivity index (χ4v) is 2.40. The van der Waals surface area contributed by atoms with Crippen LogP contribution in [0.25, 0.3) is 10.9 Å². The first-order valence-corrected chi connectivity index (χ1v) is 6.15. The first-order valence-electron chi connectivity index (χ1n) is 5.77. The molecule has 0 atom stereocenters. The molecule has 17 heavy (non-hydrogen) atoms. The highest BCUT2D eigenvalue weighted by atomic mass is 35.5. The molecule has 0 N–H and O–H groups in total. The number of rotatable bonds is 1. The van der Waals surface area contributed by atoms with E-state index in [-0.39, 0.29) is 0 Å². The monoisotopic (exact) mass is 246 g/mol. The van der Waals surface area contributed by atoms with Crippen LogP contribution in [0.5, 0.6) is 0 Å². The Labute approximate surface area is 105 Å². The van der Waals surface area contributed by atoms with Gasteiger partial charge in [-0.15, -0.1) is 0 Å². The van der Waals surface area contributed by atoms with Gasteiger partial charge in [-0.3, -0.25) is 4.98 Å². The number of nitrogens with zero attached hydrogens (tertiary/aromatic N) is 3. The van der Waals surface area contributed by atoms with Gasteiger partial charge < -0.3 is 4.90 Å². The highest BCUT2D eigenvalue weighted by molar-refractivity contribution is 6.31. The average Bonchev–Trinajstić information content (AvgIpc) is 2.39. The summed E-state index contributed by atoms with van der Waals surface area (Å²) in [6, 6.07) is 7.95. The van der Waals surface area contributed by atoms with E-state index < -0.39 is 0 Å². The molecule has 2 heterocycles. The van der Waals surface area contributed by atoms with Crippen LogP contribution in [0.4, 0.5) is 5.69 Å². The maximum Gasteiger partial charge on any atom is 0.0737 e. The lowest BCUT2D eigenvalue weighted by Gasteiger charge is -2.29. The summed E-state index contributed by atoms with van der Waals surface area (Å²) in [6.45, 7) is 3.80. The highest BCUT2D eigenvalue weighted by Gasteiger charge is 2.13. The van der Waals surface area contributed by atoms with Crippen LogP contribution in [0.2, 0.25) is 5.02 Å². The first-order chi connectivity index (χ1) is 8.34. The van der Waals surface area contributed by atoms with Crippen molar-refractivity contribution in [2.75, 3.05) is 31.1 Å². The number of hydrogen-bond donors (Lipinski definition) is 0. The molecule has 87 valence electrons. The van der Waals surface area contributed by atoms with E-state index in [1.807, 2.05) is 24.4 Å². The maximum atomic E-state index is 5.99. The maximum absolute atomic E-state index is 5.99. The normalized spacial score (nSPS) is 16.4. The second-order valence-electron chi connectivity index (χ2n) is 4.15. The Bertz CT molecular complexity index is 535. The van der Waals surface area contributed by atoms with Crippen LogP contribution in [-0.4, -0.2) is 31.2 Å². The molecule has 1 aliphatic rings. The summed E-state index contributed by atoms with van der Waals surface area (Å²) in [5.41, 5.74) is 2.19. The van der Waals surface area contributed by atoms with Crippen molar-refractivity contribution in [2.45, 2.75) is 0 Å². The van der Waals surface area contributed by atoms with Crippen LogP contribution in [-0.2, 0) is 0 Å². The summed E-state index contributed by atoms with van der Waals surface area (Å²) in [7, 11) is 0. The molecule has 3 nitrogen and oxygen atoms in total. The molecule has 4 heteroatoms. The minimum Gasteiger partial charge on any atom is -0.368 e. The van der Waals surface area contributed by atoms with E-state index in [1.54, 1.807) is 0 Å². The third-order valence-electron chi connectivity index (χ3n) is 3.08. The van der Waals surface area contributed by atoms with E-state index in [0.717, 1.165) is 36.7 Å². The summed E-state index contributed by atoms with van der Waals surface area (Å²) in [4.78, 5) is 6.73. The Morgan fingerprint density at radius 2 is 1.94 bits per heavy atom. The number of piperazine rings is 1. The van der Waals surface area contributed by atoms with Crippen molar-refractivity contribution in [3.8, 4) is 0 Å². The fraction of sp³-hybridized carbons (Fsp3) is 0.308. The van der Waals surface area contributed by atoms with Crippen molar-refractivity contribution in [1.29, 1.82) is 0 Å². The smallest absolute Gasteiger partial charge is 0.0737 e. The molecule has 0 saturated carbocycles. The van der Waals surface area contributed by atoms with Gasteiger partial charge in [0.2, 0.25) is 0 Å². The zero-order valence-corrected chi connectivity index (χ0v) is 10.2. The van der Waals surface area contributed by atoms with Crippen LogP contribution in [0.3, 0.4) is 0 Å². The van der Waals surface area contributed by atoms with Gasteiger partial charge in [0.1, 0.15) is 0 Å². The lowest BCUT2D eigenvalue weighted by molar-refractivity contribution is 0.580. The summed E-state index contributed by atoms with van der Waals surface area (Å²) in [5.74, 6) is 0. The molecule has 2 aromatic rings. The molecule has 3 rings (SSSR count). The summed E-state index contributed by atoms with van der Waals surface area (Å²) in [6.07, 6.45) is 1.85. The molecule has 1 aromatic heterocycles. The predicted molar refractivity (Wildman–Crippen MR) is 70.8 cm³/mol. The van der Waals surface area contributed by atoms with Crippen LogP contribution in [0, 0.1) is 0 Å². The second-order valence-corrected chi connectivity index (χ2v) is 4.59.